The highest BCUT2D eigenvalue weighted by Gasteiger charge is 2.53. The summed E-state index contributed by atoms with van der Waals surface area (Å²) in [6, 6.07) is 0. The Morgan fingerprint density at radius 3 is 2.14 bits per heavy atom. The van der Waals surface area contributed by atoms with Crippen molar-refractivity contribution in [2.45, 2.75) is 65.6 Å². The Labute approximate surface area is 128 Å². The Balaban J connectivity index is 2.21. The summed E-state index contributed by atoms with van der Waals surface area (Å²) in [6.45, 7) is 12.4. The fraction of sp³-hybridized carbons (Fsp3) is 0.812. The number of carbonyl (C=O) groups excluding carboxylic acids is 1. The molecule has 0 aromatic heterocycles. The van der Waals surface area contributed by atoms with Gasteiger partial charge in [0.2, 0.25) is 0 Å². The SMILES string of the molecule is COC(=O)C1CCC(B2OC(C)(C)C(C)(C)O2)=CC1(C)C. The highest BCUT2D eigenvalue weighted by Crippen LogP contribution is 2.44. The van der Waals surface area contributed by atoms with Crippen LogP contribution in [-0.4, -0.2) is 31.4 Å². The van der Waals surface area contributed by atoms with E-state index in [-0.39, 0.29) is 35.6 Å². The summed E-state index contributed by atoms with van der Waals surface area (Å²) in [7, 11) is 1.14. The lowest BCUT2D eigenvalue weighted by atomic mass is 9.62. The number of hydrogen-bond donors (Lipinski definition) is 0. The van der Waals surface area contributed by atoms with Crippen LogP contribution in [0.3, 0.4) is 0 Å². The van der Waals surface area contributed by atoms with Gasteiger partial charge < -0.3 is 14.0 Å². The van der Waals surface area contributed by atoms with Gasteiger partial charge in [0.1, 0.15) is 0 Å². The van der Waals surface area contributed by atoms with E-state index in [4.69, 9.17) is 14.0 Å². The maximum atomic E-state index is 11.9. The van der Waals surface area contributed by atoms with Gasteiger partial charge >= 0.3 is 13.1 Å². The van der Waals surface area contributed by atoms with E-state index in [2.05, 4.69) is 47.6 Å². The molecular formula is C16H27BO4. The summed E-state index contributed by atoms with van der Waals surface area (Å²) in [5, 5.41) is 0. The molecule has 1 fully saturated rings. The standard InChI is InChI=1S/C16H27BO4/c1-14(2)10-11(8-9-12(14)13(18)19-7)17-20-15(3,4)16(5,6)21-17/h10,12H,8-9H2,1-7H3. The number of carbonyl (C=O) groups is 1. The van der Waals surface area contributed by atoms with E-state index in [0.29, 0.717) is 0 Å². The molecule has 1 unspecified atom stereocenters. The molecule has 5 heteroatoms. The Kier molecular flexibility index (Phi) is 4.05. The van der Waals surface area contributed by atoms with Crippen LogP contribution >= 0.6 is 0 Å². The lowest BCUT2D eigenvalue weighted by Gasteiger charge is -2.35. The Hall–Kier alpha value is -0.805. The third-order valence-electron chi connectivity index (χ3n) is 5.22. The number of ether oxygens (including phenoxy) is 1. The third kappa shape index (κ3) is 2.91. The summed E-state index contributed by atoms with van der Waals surface area (Å²) in [5.74, 6) is -0.238. The topological polar surface area (TPSA) is 44.8 Å². The summed E-state index contributed by atoms with van der Waals surface area (Å²) in [5.41, 5.74) is 0.229. The van der Waals surface area contributed by atoms with Gasteiger partial charge in [0, 0.05) is 0 Å². The van der Waals surface area contributed by atoms with Crippen molar-refractivity contribution < 1.29 is 18.8 Å². The molecule has 2 rings (SSSR count). The first-order valence-electron chi connectivity index (χ1n) is 7.65. The number of allylic oxidation sites excluding steroid dienone is 2. The predicted octanol–water partition coefficient (Wildman–Crippen LogP) is 3.15. The van der Waals surface area contributed by atoms with Gasteiger partial charge in [-0.3, -0.25) is 4.79 Å². The molecule has 0 saturated carbocycles. The van der Waals surface area contributed by atoms with Crippen LogP contribution in [0.25, 0.3) is 0 Å². The molecule has 0 aromatic carbocycles. The smallest absolute Gasteiger partial charge is 0.469 e. The van der Waals surface area contributed by atoms with Crippen LogP contribution in [0.2, 0.25) is 0 Å². The molecule has 21 heavy (non-hydrogen) atoms. The van der Waals surface area contributed by atoms with Crippen molar-refractivity contribution in [1.29, 1.82) is 0 Å². The van der Waals surface area contributed by atoms with Crippen molar-refractivity contribution in [3.63, 3.8) is 0 Å². The molecule has 0 radical (unpaired) electrons. The average molecular weight is 294 g/mol. The van der Waals surface area contributed by atoms with Gasteiger partial charge in [-0.15, -0.1) is 0 Å². The van der Waals surface area contributed by atoms with Crippen LogP contribution in [-0.2, 0) is 18.8 Å². The van der Waals surface area contributed by atoms with Gasteiger partial charge in [-0.05, 0) is 51.4 Å². The quantitative estimate of drug-likeness (QED) is 0.579. The monoisotopic (exact) mass is 294 g/mol. The lowest BCUT2D eigenvalue weighted by Crippen LogP contribution is -2.41. The normalized spacial score (nSPS) is 30.0. The first-order valence-corrected chi connectivity index (χ1v) is 7.65. The molecule has 1 atom stereocenters. The van der Waals surface area contributed by atoms with Crippen molar-refractivity contribution >= 4 is 13.1 Å². The van der Waals surface area contributed by atoms with E-state index in [1.165, 1.54) is 7.11 Å². The second-order valence-electron chi connectivity index (χ2n) is 7.74. The van der Waals surface area contributed by atoms with Crippen molar-refractivity contribution in [3.05, 3.63) is 11.5 Å². The van der Waals surface area contributed by atoms with E-state index in [1.807, 2.05) is 0 Å². The minimum atomic E-state index is -0.332. The fourth-order valence-electron chi connectivity index (χ4n) is 3.08. The van der Waals surface area contributed by atoms with Gasteiger partial charge in [-0.1, -0.05) is 19.9 Å². The van der Waals surface area contributed by atoms with E-state index >= 15 is 0 Å². The summed E-state index contributed by atoms with van der Waals surface area (Å²) in [4.78, 5) is 11.9. The number of rotatable bonds is 2. The molecule has 1 heterocycles. The van der Waals surface area contributed by atoms with Crippen LogP contribution in [0.4, 0.5) is 0 Å². The van der Waals surface area contributed by atoms with Gasteiger partial charge in [0.25, 0.3) is 0 Å². The highest BCUT2D eigenvalue weighted by molar-refractivity contribution is 6.54. The Bertz CT molecular complexity index is 449. The maximum Gasteiger partial charge on any atom is 0.490 e. The fourth-order valence-corrected chi connectivity index (χ4v) is 3.08. The molecule has 0 N–H and O–H groups in total. The number of hydrogen-bond acceptors (Lipinski definition) is 4. The molecule has 0 aromatic rings. The van der Waals surface area contributed by atoms with E-state index in [0.717, 1.165) is 18.3 Å². The van der Waals surface area contributed by atoms with Crippen LogP contribution < -0.4 is 0 Å². The van der Waals surface area contributed by atoms with Gasteiger partial charge in [0.05, 0.1) is 24.2 Å². The highest BCUT2D eigenvalue weighted by atomic mass is 16.7. The number of esters is 1. The van der Waals surface area contributed by atoms with Crippen LogP contribution in [0.15, 0.2) is 11.5 Å². The molecule has 0 amide bonds. The van der Waals surface area contributed by atoms with Gasteiger partial charge in [-0.2, -0.15) is 0 Å². The molecule has 0 bridgehead atoms. The zero-order valence-electron chi connectivity index (χ0n) is 14.3. The van der Waals surface area contributed by atoms with E-state index in [9.17, 15) is 4.79 Å². The maximum absolute atomic E-state index is 11.9. The van der Waals surface area contributed by atoms with Gasteiger partial charge in [-0.25, -0.2) is 0 Å². The van der Waals surface area contributed by atoms with Gasteiger partial charge in [0.15, 0.2) is 0 Å². The van der Waals surface area contributed by atoms with Crippen LogP contribution in [0, 0.1) is 11.3 Å². The van der Waals surface area contributed by atoms with Crippen LogP contribution in [0.1, 0.15) is 54.4 Å². The Morgan fingerprint density at radius 1 is 1.19 bits per heavy atom. The largest absolute Gasteiger partial charge is 0.490 e. The van der Waals surface area contributed by atoms with E-state index < -0.39 is 0 Å². The first kappa shape index (κ1) is 16.6. The summed E-state index contributed by atoms with van der Waals surface area (Å²) in [6.07, 6.45) is 3.72. The molecule has 118 valence electrons. The zero-order valence-corrected chi connectivity index (χ0v) is 14.3. The van der Waals surface area contributed by atoms with Crippen molar-refractivity contribution in [1.82, 2.24) is 0 Å². The average Bonchev–Trinajstić information content (AvgIpc) is 2.56. The summed E-state index contributed by atoms with van der Waals surface area (Å²) < 4.78 is 17.1. The molecule has 1 aliphatic heterocycles. The summed E-state index contributed by atoms with van der Waals surface area (Å²) >= 11 is 0. The lowest BCUT2D eigenvalue weighted by molar-refractivity contribution is -0.149. The van der Waals surface area contributed by atoms with Crippen molar-refractivity contribution in [2.75, 3.05) is 7.11 Å². The molecular weight excluding hydrogens is 267 g/mol. The third-order valence-corrected chi connectivity index (χ3v) is 5.22. The second kappa shape index (κ2) is 5.13. The molecule has 0 spiro atoms. The minimum absolute atomic E-state index is 0.103. The molecule has 1 saturated heterocycles. The molecule has 1 aliphatic carbocycles. The van der Waals surface area contributed by atoms with Crippen molar-refractivity contribution in [2.24, 2.45) is 11.3 Å². The minimum Gasteiger partial charge on any atom is -0.469 e. The van der Waals surface area contributed by atoms with Crippen molar-refractivity contribution in [3.8, 4) is 0 Å². The second-order valence-corrected chi connectivity index (χ2v) is 7.74. The Morgan fingerprint density at radius 2 is 1.71 bits per heavy atom. The van der Waals surface area contributed by atoms with E-state index in [1.54, 1.807) is 0 Å². The number of methoxy groups -OCH3 is 1. The zero-order chi connectivity index (χ0) is 16.1. The predicted molar refractivity (Wildman–Crippen MR) is 82.7 cm³/mol. The molecule has 4 nitrogen and oxygen atoms in total. The molecule has 2 aliphatic rings. The van der Waals surface area contributed by atoms with Crippen LogP contribution in [0.5, 0.6) is 0 Å². The first-order chi connectivity index (χ1) is 9.50.